The standard InChI is InChI=1S/C13H19N3OS/c1-2-14-13(18)16-8-6-15(7-9-16)11-4-3-5-12(17)10-11/h3-5,10,17H,2,6-9H2,1H3,(H,14,18). The maximum atomic E-state index is 9.49. The molecule has 0 aliphatic carbocycles. The molecule has 0 unspecified atom stereocenters. The number of phenols is 1. The van der Waals surface area contributed by atoms with Crippen LogP contribution >= 0.6 is 12.2 Å². The summed E-state index contributed by atoms with van der Waals surface area (Å²) in [5.74, 6) is 0.318. The third-order valence-corrected chi connectivity index (χ3v) is 3.49. The summed E-state index contributed by atoms with van der Waals surface area (Å²) in [4.78, 5) is 4.46. The molecule has 1 aliphatic rings. The van der Waals surface area contributed by atoms with E-state index in [1.165, 1.54) is 0 Å². The first-order valence-electron chi connectivity index (χ1n) is 6.27. The average molecular weight is 265 g/mol. The predicted octanol–water partition coefficient (Wildman–Crippen LogP) is 1.41. The summed E-state index contributed by atoms with van der Waals surface area (Å²) in [5.41, 5.74) is 1.07. The third-order valence-electron chi connectivity index (χ3n) is 3.09. The number of aromatic hydroxyl groups is 1. The number of piperazine rings is 1. The third kappa shape index (κ3) is 3.04. The number of thiocarbonyl (C=S) groups is 1. The van der Waals surface area contributed by atoms with Gasteiger partial charge in [-0.25, -0.2) is 0 Å². The summed E-state index contributed by atoms with van der Waals surface area (Å²) in [6, 6.07) is 7.40. The number of benzene rings is 1. The molecular formula is C13H19N3OS. The molecule has 0 spiro atoms. The van der Waals surface area contributed by atoms with Gasteiger partial charge in [-0.15, -0.1) is 0 Å². The fraction of sp³-hybridized carbons (Fsp3) is 0.462. The monoisotopic (exact) mass is 265 g/mol. The van der Waals surface area contributed by atoms with Crippen LogP contribution in [0.15, 0.2) is 24.3 Å². The normalized spacial score (nSPS) is 15.6. The Hall–Kier alpha value is -1.49. The zero-order valence-corrected chi connectivity index (χ0v) is 11.4. The number of hydrogen-bond donors (Lipinski definition) is 2. The van der Waals surface area contributed by atoms with Gasteiger partial charge in [-0.2, -0.15) is 0 Å². The molecule has 1 aromatic rings. The average Bonchev–Trinajstić information content (AvgIpc) is 2.39. The Morgan fingerprint density at radius 2 is 2.06 bits per heavy atom. The van der Waals surface area contributed by atoms with E-state index in [1.807, 2.05) is 12.1 Å². The molecule has 18 heavy (non-hydrogen) atoms. The summed E-state index contributed by atoms with van der Waals surface area (Å²) in [7, 11) is 0. The minimum Gasteiger partial charge on any atom is -0.508 e. The van der Waals surface area contributed by atoms with E-state index in [2.05, 4.69) is 22.0 Å². The van der Waals surface area contributed by atoms with E-state index in [1.54, 1.807) is 12.1 Å². The van der Waals surface area contributed by atoms with Gasteiger partial charge in [-0.3, -0.25) is 0 Å². The van der Waals surface area contributed by atoms with Gasteiger partial charge in [0, 0.05) is 44.5 Å². The molecular weight excluding hydrogens is 246 g/mol. The summed E-state index contributed by atoms with van der Waals surface area (Å²) in [6.45, 7) is 6.61. The number of nitrogens with one attached hydrogen (secondary N) is 1. The van der Waals surface area contributed by atoms with Crippen LogP contribution in [0.1, 0.15) is 6.92 Å². The lowest BCUT2D eigenvalue weighted by molar-refractivity contribution is 0.380. The molecule has 2 rings (SSSR count). The van der Waals surface area contributed by atoms with Crippen LogP contribution in [0, 0.1) is 0 Å². The highest BCUT2D eigenvalue weighted by Crippen LogP contribution is 2.21. The SMILES string of the molecule is CCNC(=S)N1CCN(c2cccc(O)c2)CC1. The van der Waals surface area contributed by atoms with Crippen molar-refractivity contribution < 1.29 is 5.11 Å². The van der Waals surface area contributed by atoms with Crippen molar-refractivity contribution in [2.45, 2.75) is 6.92 Å². The van der Waals surface area contributed by atoms with Crippen molar-refractivity contribution in [2.24, 2.45) is 0 Å². The van der Waals surface area contributed by atoms with Crippen LogP contribution in [0.25, 0.3) is 0 Å². The molecule has 0 atom stereocenters. The van der Waals surface area contributed by atoms with Crippen LogP contribution < -0.4 is 10.2 Å². The van der Waals surface area contributed by atoms with Gasteiger partial charge in [0.2, 0.25) is 0 Å². The molecule has 1 saturated heterocycles. The first kappa shape index (κ1) is 13.0. The second kappa shape index (κ2) is 5.91. The number of phenolic OH excluding ortho intramolecular Hbond substituents is 1. The first-order valence-corrected chi connectivity index (χ1v) is 6.68. The minimum atomic E-state index is 0.318. The van der Waals surface area contributed by atoms with Gasteiger partial charge in [0.25, 0.3) is 0 Å². The van der Waals surface area contributed by atoms with Crippen LogP contribution in [0.5, 0.6) is 5.75 Å². The maximum absolute atomic E-state index is 9.49. The van der Waals surface area contributed by atoms with Gasteiger partial charge in [-0.1, -0.05) is 6.07 Å². The van der Waals surface area contributed by atoms with Gasteiger partial charge in [0.15, 0.2) is 5.11 Å². The van der Waals surface area contributed by atoms with Gasteiger partial charge < -0.3 is 20.2 Å². The van der Waals surface area contributed by atoms with E-state index in [0.717, 1.165) is 43.5 Å². The Bertz CT molecular complexity index is 416. The number of nitrogens with zero attached hydrogens (tertiary/aromatic N) is 2. The van der Waals surface area contributed by atoms with E-state index < -0.39 is 0 Å². The smallest absolute Gasteiger partial charge is 0.169 e. The minimum absolute atomic E-state index is 0.318. The van der Waals surface area contributed by atoms with Crippen molar-refractivity contribution in [2.75, 3.05) is 37.6 Å². The molecule has 2 N–H and O–H groups in total. The van der Waals surface area contributed by atoms with Gasteiger partial charge >= 0.3 is 0 Å². The molecule has 0 aromatic heterocycles. The Morgan fingerprint density at radius 3 is 2.67 bits per heavy atom. The lowest BCUT2D eigenvalue weighted by Crippen LogP contribution is -2.51. The van der Waals surface area contributed by atoms with E-state index in [4.69, 9.17) is 12.2 Å². The summed E-state index contributed by atoms with van der Waals surface area (Å²) >= 11 is 5.31. The lowest BCUT2D eigenvalue weighted by atomic mass is 10.2. The molecule has 5 heteroatoms. The molecule has 98 valence electrons. The van der Waals surface area contributed by atoms with Crippen LogP contribution in [0.4, 0.5) is 5.69 Å². The van der Waals surface area contributed by atoms with Crippen LogP contribution in [-0.4, -0.2) is 47.8 Å². The molecule has 1 aromatic carbocycles. The van der Waals surface area contributed by atoms with Gasteiger partial charge in [0.1, 0.15) is 5.75 Å². The molecule has 0 amide bonds. The second-order valence-corrected chi connectivity index (χ2v) is 4.72. The fourth-order valence-electron chi connectivity index (χ4n) is 2.12. The number of rotatable bonds is 2. The Labute approximate surface area is 113 Å². The molecule has 1 heterocycles. The van der Waals surface area contributed by atoms with E-state index in [-0.39, 0.29) is 0 Å². The molecule has 4 nitrogen and oxygen atoms in total. The van der Waals surface area contributed by atoms with Crippen molar-refractivity contribution in [3.8, 4) is 5.75 Å². The first-order chi connectivity index (χ1) is 8.70. The number of anilines is 1. The lowest BCUT2D eigenvalue weighted by Gasteiger charge is -2.37. The van der Waals surface area contributed by atoms with Crippen molar-refractivity contribution in [3.63, 3.8) is 0 Å². The predicted molar refractivity (Wildman–Crippen MR) is 78.2 cm³/mol. The van der Waals surface area contributed by atoms with Crippen LogP contribution in [0.2, 0.25) is 0 Å². The molecule has 0 bridgehead atoms. The maximum Gasteiger partial charge on any atom is 0.169 e. The largest absolute Gasteiger partial charge is 0.508 e. The molecule has 1 aliphatic heterocycles. The highest BCUT2D eigenvalue weighted by atomic mass is 32.1. The highest BCUT2D eigenvalue weighted by molar-refractivity contribution is 7.80. The van der Waals surface area contributed by atoms with Crippen molar-refractivity contribution >= 4 is 23.0 Å². The zero-order valence-electron chi connectivity index (χ0n) is 10.6. The Morgan fingerprint density at radius 1 is 1.33 bits per heavy atom. The highest BCUT2D eigenvalue weighted by Gasteiger charge is 2.18. The van der Waals surface area contributed by atoms with Gasteiger partial charge in [0.05, 0.1) is 0 Å². The Kier molecular flexibility index (Phi) is 4.25. The Balaban J connectivity index is 1.92. The van der Waals surface area contributed by atoms with Crippen LogP contribution in [-0.2, 0) is 0 Å². The number of hydrogen-bond acceptors (Lipinski definition) is 3. The quantitative estimate of drug-likeness (QED) is 0.791. The summed E-state index contributed by atoms with van der Waals surface area (Å²) < 4.78 is 0. The van der Waals surface area contributed by atoms with E-state index >= 15 is 0 Å². The second-order valence-electron chi connectivity index (χ2n) is 4.33. The summed E-state index contributed by atoms with van der Waals surface area (Å²) in [5, 5.41) is 13.5. The molecule has 1 fully saturated rings. The fourth-order valence-corrected chi connectivity index (χ4v) is 2.45. The van der Waals surface area contributed by atoms with Crippen molar-refractivity contribution in [1.29, 1.82) is 0 Å². The molecule has 0 radical (unpaired) electrons. The van der Waals surface area contributed by atoms with E-state index in [9.17, 15) is 5.11 Å². The topological polar surface area (TPSA) is 38.7 Å². The van der Waals surface area contributed by atoms with Gasteiger partial charge in [-0.05, 0) is 31.3 Å². The zero-order chi connectivity index (χ0) is 13.0. The van der Waals surface area contributed by atoms with Crippen molar-refractivity contribution in [1.82, 2.24) is 10.2 Å². The molecule has 0 saturated carbocycles. The van der Waals surface area contributed by atoms with Crippen molar-refractivity contribution in [3.05, 3.63) is 24.3 Å². The summed E-state index contributed by atoms with van der Waals surface area (Å²) in [6.07, 6.45) is 0. The van der Waals surface area contributed by atoms with E-state index in [0.29, 0.717) is 5.75 Å². The van der Waals surface area contributed by atoms with Crippen LogP contribution in [0.3, 0.4) is 0 Å².